The van der Waals surface area contributed by atoms with Crippen molar-refractivity contribution in [2.24, 2.45) is 5.10 Å². The fraction of sp³-hybridized carbons (Fsp3) is 0. The third-order valence-corrected chi connectivity index (χ3v) is 8.22. The number of carbonyl (C=O) groups excluding carboxylic acids is 2. The highest BCUT2D eigenvalue weighted by molar-refractivity contribution is 9.11. The van der Waals surface area contributed by atoms with Gasteiger partial charge in [0.15, 0.2) is 5.75 Å². The van der Waals surface area contributed by atoms with Crippen molar-refractivity contribution in [3.05, 3.63) is 118 Å². The van der Waals surface area contributed by atoms with Crippen LogP contribution in [0.15, 0.2) is 91.3 Å². The van der Waals surface area contributed by atoms with E-state index in [-0.39, 0.29) is 22.0 Å². The second-order valence-corrected chi connectivity index (χ2v) is 12.5. The topological polar surface area (TPSA) is 83.5 Å². The lowest BCUT2D eigenvalue weighted by atomic mass is 10.0. The van der Waals surface area contributed by atoms with Gasteiger partial charge in [0.1, 0.15) is 5.69 Å². The van der Waals surface area contributed by atoms with E-state index in [0.29, 0.717) is 35.6 Å². The van der Waals surface area contributed by atoms with E-state index in [9.17, 15) is 9.59 Å². The molecule has 0 aliphatic heterocycles. The van der Waals surface area contributed by atoms with E-state index in [1.807, 2.05) is 36.4 Å². The lowest BCUT2D eigenvalue weighted by Gasteiger charge is -2.11. The summed E-state index contributed by atoms with van der Waals surface area (Å²) >= 11 is 28.9. The lowest BCUT2D eigenvalue weighted by Crippen LogP contribution is -2.19. The number of hydrogen-bond acceptors (Lipinski definition) is 4. The first-order valence-electron chi connectivity index (χ1n) is 11.7. The van der Waals surface area contributed by atoms with Gasteiger partial charge in [0.05, 0.1) is 31.8 Å². The van der Waals surface area contributed by atoms with Gasteiger partial charge in [0, 0.05) is 30.5 Å². The second-order valence-electron chi connectivity index (χ2n) is 8.57. The molecule has 1 heterocycles. The first kappa shape index (κ1) is 29.8. The number of hydrazone groups is 1. The Bertz CT molecular complexity index is 1860. The van der Waals surface area contributed by atoms with Crippen molar-refractivity contribution in [3.8, 4) is 16.9 Å². The molecule has 1 amide bonds. The molecule has 0 aliphatic rings. The van der Waals surface area contributed by atoms with Crippen LogP contribution in [-0.2, 0) is 0 Å². The molecular formula is C29H15Br3Cl3N3O3. The van der Waals surface area contributed by atoms with Gasteiger partial charge in [-0.05, 0) is 64.0 Å². The van der Waals surface area contributed by atoms with Crippen molar-refractivity contribution in [1.29, 1.82) is 0 Å². The number of aromatic amines is 1. The molecule has 0 aliphatic carbocycles. The number of aromatic nitrogens is 1. The quantitative estimate of drug-likeness (QED) is 0.0777. The zero-order valence-corrected chi connectivity index (χ0v) is 27.5. The van der Waals surface area contributed by atoms with Crippen LogP contribution >= 0.6 is 82.6 Å². The van der Waals surface area contributed by atoms with E-state index in [0.717, 1.165) is 15.4 Å². The van der Waals surface area contributed by atoms with Gasteiger partial charge in [-0.3, -0.25) is 4.79 Å². The summed E-state index contributed by atoms with van der Waals surface area (Å²) in [5.41, 5.74) is 5.50. The largest absolute Gasteiger partial charge is 0.421 e. The van der Waals surface area contributed by atoms with Gasteiger partial charge in [-0.25, -0.2) is 10.2 Å². The summed E-state index contributed by atoms with van der Waals surface area (Å²) in [5, 5.41) is 5.92. The first-order chi connectivity index (χ1) is 19.6. The van der Waals surface area contributed by atoms with E-state index in [2.05, 4.69) is 63.3 Å². The number of esters is 1. The molecular weight excluding hydrogens is 784 g/mol. The van der Waals surface area contributed by atoms with E-state index in [1.165, 1.54) is 24.4 Å². The van der Waals surface area contributed by atoms with Crippen LogP contribution in [0.3, 0.4) is 0 Å². The fourth-order valence-corrected chi connectivity index (χ4v) is 6.78. The highest BCUT2D eigenvalue weighted by Crippen LogP contribution is 2.38. The van der Waals surface area contributed by atoms with E-state index in [1.54, 1.807) is 18.2 Å². The summed E-state index contributed by atoms with van der Waals surface area (Å²) < 4.78 is 7.59. The summed E-state index contributed by atoms with van der Waals surface area (Å²) in [6, 6.07) is 21.0. The molecule has 0 spiro atoms. The molecule has 0 saturated carbocycles. The third-order valence-electron chi connectivity index (χ3n) is 5.87. The van der Waals surface area contributed by atoms with Crippen LogP contribution in [0, 0.1) is 0 Å². The minimum Gasteiger partial charge on any atom is -0.421 e. The van der Waals surface area contributed by atoms with Crippen molar-refractivity contribution in [1.82, 2.24) is 10.4 Å². The van der Waals surface area contributed by atoms with Crippen LogP contribution in [0.1, 0.15) is 26.4 Å². The smallest absolute Gasteiger partial charge is 0.345 e. The zero-order chi connectivity index (χ0) is 29.3. The Morgan fingerprint density at radius 3 is 2.34 bits per heavy atom. The van der Waals surface area contributed by atoms with Crippen molar-refractivity contribution in [3.63, 3.8) is 0 Å². The number of nitrogens with one attached hydrogen (secondary N) is 2. The molecule has 0 bridgehead atoms. The van der Waals surface area contributed by atoms with Gasteiger partial charge < -0.3 is 9.72 Å². The molecule has 5 aromatic rings. The van der Waals surface area contributed by atoms with Crippen LogP contribution < -0.4 is 10.2 Å². The molecule has 1 aromatic heterocycles. The molecule has 12 heteroatoms. The number of ether oxygens (including phenoxy) is 1. The van der Waals surface area contributed by atoms with E-state index in [4.69, 9.17) is 39.5 Å². The number of benzene rings is 4. The summed E-state index contributed by atoms with van der Waals surface area (Å²) in [6.07, 6.45) is 1.37. The van der Waals surface area contributed by atoms with Crippen LogP contribution in [0.5, 0.6) is 5.75 Å². The normalized spacial score (nSPS) is 11.3. The molecule has 206 valence electrons. The predicted molar refractivity (Wildman–Crippen MR) is 175 cm³/mol. The average Bonchev–Trinajstić information content (AvgIpc) is 3.30. The molecule has 0 unspecified atom stereocenters. The van der Waals surface area contributed by atoms with Gasteiger partial charge in [-0.15, -0.1) is 0 Å². The molecule has 5 rings (SSSR count). The molecule has 0 radical (unpaired) electrons. The van der Waals surface area contributed by atoms with Crippen LogP contribution in [0.2, 0.25) is 15.1 Å². The van der Waals surface area contributed by atoms with Gasteiger partial charge >= 0.3 is 5.97 Å². The number of H-pyrrole nitrogens is 1. The van der Waals surface area contributed by atoms with Crippen LogP contribution in [0.4, 0.5) is 0 Å². The van der Waals surface area contributed by atoms with E-state index < -0.39 is 11.9 Å². The Hall–Kier alpha value is -2.66. The number of rotatable bonds is 6. The van der Waals surface area contributed by atoms with Crippen molar-refractivity contribution in [2.45, 2.75) is 0 Å². The van der Waals surface area contributed by atoms with Gasteiger partial charge in [0.2, 0.25) is 0 Å². The van der Waals surface area contributed by atoms with Crippen molar-refractivity contribution in [2.75, 3.05) is 0 Å². The van der Waals surface area contributed by atoms with Crippen molar-refractivity contribution >= 4 is 112 Å². The molecule has 2 N–H and O–H groups in total. The van der Waals surface area contributed by atoms with Gasteiger partial charge in [0.25, 0.3) is 5.91 Å². The van der Waals surface area contributed by atoms with E-state index >= 15 is 0 Å². The Morgan fingerprint density at radius 1 is 0.878 bits per heavy atom. The Morgan fingerprint density at radius 2 is 1.61 bits per heavy atom. The fourth-order valence-electron chi connectivity index (χ4n) is 4.10. The van der Waals surface area contributed by atoms with Crippen molar-refractivity contribution < 1.29 is 14.3 Å². The average molecular weight is 800 g/mol. The molecule has 6 nitrogen and oxygen atoms in total. The minimum absolute atomic E-state index is 0.139. The SMILES string of the molecule is O=C(Oc1c(Br)cc(Br)cc1C=NNC(=O)c1[nH]c2c(Cl)cc(Br)cc2c1-c1ccccc1)c1ccc(Cl)cc1Cl. The minimum atomic E-state index is -0.693. The molecule has 0 saturated heterocycles. The molecule has 4 aromatic carbocycles. The number of fused-ring (bicyclic) bond motifs is 1. The molecule has 41 heavy (non-hydrogen) atoms. The predicted octanol–water partition coefficient (Wildman–Crippen LogP) is 10.1. The maximum atomic E-state index is 13.4. The Labute approximate surface area is 274 Å². The first-order valence-corrected chi connectivity index (χ1v) is 15.2. The third kappa shape index (κ3) is 6.56. The number of amides is 1. The molecule has 0 atom stereocenters. The Balaban J connectivity index is 1.46. The second kappa shape index (κ2) is 12.7. The number of hydrogen-bond donors (Lipinski definition) is 2. The molecule has 0 fully saturated rings. The number of halogens is 6. The van der Waals surface area contributed by atoms with Gasteiger partial charge in [-0.2, -0.15) is 5.10 Å². The lowest BCUT2D eigenvalue weighted by molar-refractivity contribution is 0.0733. The zero-order valence-electron chi connectivity index (χ0n) is 20.4. The Kier molecular flexibility index (Phi) is 9.23. The van der Waals surface area contributed by atoms with Gasteiger partial charge in [-0.1, -0.05) is 97.0 Å². The summed E-state index contributed by atoms with van der Waals surface area (Å²) in [4.78, 5) is 29.4. The monoisotopic (exact) mass is 795 g/mol. The highest BCUT2D eigenvalue weighted by Gasteiger charge is 2.22. The highest BCUT2D eigenvalue weighted by atomic mass is 79.9. The number of nitrogens with zero attached hydrogens (tertiary/aromatic N) is 1. The maximum Gasteiger partial charge on any atom is 0.345 e. The van der Waals surface area contributed by atoms with Crippen LogP contribution in [0.25, 0.3) is 22.0 Å². The standard InChI is InChI=1S/C29H15Br3Cl3N3O3/c30-16-8-15(27(21(32)10-16)41-29(40)19-7-6-18(33)12-22(19)34)13-36-38-28(39)26-24(14-4-2-1-3-5-14)20-9-17(31)11-23(35)25(20)37-26/h1-13,37H,(H,38,39). The number of carbonyl (C=O) groups is 2. The summed E-state index contributed by atoms with van der Waals surface area (Å²) in [7, 11) is 0. The summed E-state index contributed by atoms with van der Waals surface area (Å²) in [6.45, 7) is 0. The van der Waals surface area contributed by atoms with Crippen LogP contribution in [-0.4, -0.2) is 23.1 Å². The maximum absolute atomic E-state index is 13.4. The summed E-state index contributed by atoms with van der Waals surface area (Å²) in [5.74, 6) is -1.01.